The van der Waals surface area contributed by atoms with Crippen molar-refractivity contribution in [3.63, 3.8) is 0 Å². The van der Waals surface area contributed by atoms with E-state index < -0.39 is 17.4 Å². The lowest BCUT2D eigenvalue weighted by Crippen LogP contribution is -2.23. The Labute approximate surface area is 117 Å². The summed E-state index contributed by atoms with van der Waals surface area (Å²) < 4.78 is 0. The zero-order valence-corrected chi connectivity index (χ0v) is 13.0. The van der Waals surface area contributed by atoms with Gasteiger partial charge in [-0.25, -0.2) is 0 Å². The van der Waals surface area contributed by atoms with Crippen molar-refractivity contribution >= 4 is 11.9 Å². The van der Waals surface area contributed by atoms with Crippen molar-refractivity contribution in [1.82, 2.24) is 0 Å². The van der Waals surface area contributed by atoms with Crippen molar-refractivity contribution in [2.45, 2.75) is 73.1 Å². The van der Waals surface area contributed by atoms with E-state index in [9.17, 15) is 9.59 Å². The zero-order valence-electron chi connectivity index (χ0n) is 13.0. The van der Waals surface area contributed by atoms with Gasteiger partial charge in [0, 0.05) is 0 Å². The van der Waals surface area contributed by atoms with E-state index >= 15 is 0 Å². The maximum atomic E-state index is 10.5. The van der Waals surface area contributed by atoms with Crippen LogP contribution in [0.1, 0.15) is 73.1 Å². The Bertz CT molecular complexity index is 259. The molecule has 0 saturated heterocycles. The third-order valence-corrected chi connectivity index (χ3v) is 3.21. The summed E-state index contributed by atoms with van der Waals surface area (Å²) in [5, 5.41) is 17.2. The Kier molecular flexibility index (Phi) is 11.5. The third-order valence-electron chi connectivity index (χ3n) is 3.21. The first-order valence-corrected chi connectivity index (χ1v) is 7.19. The van der Waals surface area contributed by atoms with E-state index in [0.717, 1.165) is 38.5 Å². The van der Waals surface area contributed by atoms with Gasteiger partial charge in [-0.3, -0.25) is 9.59 Å². The molecule has 2 N–H and O–H groups in total. The average molecular weight is 274 g/mol. The maximum Gasteiger partial charge on any atom is 0.309 e. The highest BCUT2D eigenvalue weighted by atomic mass is 16.4. The lowest BCUT2D eigenvalue weighted by molar-refractivity contribution is -0.147. The number of carboxylic acids is 2. The van der Waals surface area contributed by atoms with Crippen molar-refractivity contribution in [2.75, 3.05) is 0 Å². The Hall–Kier alpha value is -1.06. The monoisotopic (exact) mass is 274 g/mol. The predicted octanol–water partition coefficient (Wildman–Crippen LogP) is 4.18. The molecule has 0 amide bonds. The number of rotatable bonds is 8. The van der Waals surface area contributed by atoms with Gasteiger partial charge in [0.1, 0.15) is 0 Å². The van der Waals surface area contributed by atoms with E-state index in [1.165, 1.54) is 0 Å². The summed E-state index contributed by atoms with van der Waals surface area (Å²) >= 11 is 0. The normalized spacial score (nSPS) is 12.3. The van der Waals surface area contributed by atoms with Crippen LogP contribution in [0.5, 0.6) is 0 Å². The molecule has 1 unspecified atom stereocenters. The van der Waals surface area contributed by atoms with Crippen LogP contribution in [0.15, 0.2) is 0 Å². The molecule has 0 aliphatic heterocycles. The van der Waals surface area contributed by atoms with Crippen LogP contribution in [0.4, 0.5) is 0 Å². The number of hydrogen-bond donors (Lipinski definition) is 2. The second kappa shape index (κ2) is 10.8. The molecule has 0 aromatic heterocycles. The van der Waals surface area contributed by atoms with E-state index in [1.807, 2.05) is 13.8 Å². The van der Waals surface area contributed by atoms with Crippen LogP contribution in [0, 0.1) is 11.3 Å². The van der Waals surface area contributed by atoms with Crippen molar-refractivity contribution in [2.24, 2.45) is 11.3 Å². The topological polar surface area (TPSA) is 74.6 Å². The number of aliphatic carboxylic acids is 2. The molecule has 4 nitrogen and oxygen atoms in total. The lowest BCUT2D eigenvalue weighted by Gasteiger charge is -2.17. The highest BCUT2D eigenvalue weighted by Crippen LogP contribution is 2.22. The summed E-state index contributed by atoms with van der Waals surface area (Å²) in [4.78, 5) is 20.8. The van der Waals surface area contributed by atoms with Crippen LogP contribution in [0.2, 0.25) is 0 Å². The van der Waals surface area contributed by atoms with Crippen LogP contribution < -0.4 is 0 Å². The SMILES string of the molecule is CCCC(CC)C(=O)O.CCCCC(C)(C)C(=O)O. The van der Waals surface area contributed by atoms with Crippen LogP contribution in [0.3, 0.4) is 0 Å². The molecule has 114 valence electrons. The summed E-state index contributed by atoms with van der Waals surface area (Å²) in [5.41, 5.74) is -0.532. The fraction of sp³-hybridized carbons (Fsp3) is 0.867. The Balaban J connectivity index is 0. The smallest absolute Gasteiger partial charge is 0.309 e. The molecule has 1 atom stereocenters. The lowest BCUT2D eigenvalue weighted by atomic mass is 9.88. The van der Waals surface area contributed by atoms with Crippen molar-refractivity contribution in [1.29, 1.82) is 0 Å². The summed E-state index contributed by atoms with van der Waals surface area (Å²) in [5.74, 6) is -1.46. The fourth-order valence-electron chi connectivity index (χ4n) is 1.58. The quantitative estimate of drug-likeness (QED) is 0.696. The molecule has 0 fully saturated rings. The van der Waals surface area contributed by atoms with E-state index in [4.69, 9.17) is 10.2 Å². The molecular formula is C15H30O4. The zero-order chi connectivity index (χ0) is 15.5. The molecule has 0 aromatic rings. The summed E-state index contributed by atoms with van der Waals surface area (Å²) in [6.07, 6.45) is 5.37. The van der Waals surface area contributed by atoms with Crippen LogP contribution in [-0.4, -0.2) is 22.2 Å². The third kappa shape index (κ3) is 10.5. The minimum absolute atomic E-state index is 0.116. The highest BCUT2D eigenvalue weighted by Gasteiger charge is 2.25. The number of hydrogen-bond acceptors (Lipinski definition) is 2. The Morgan fingerprint density at radius 2 is 1.58 bits per heavy atom. The van der Waals surface area contributed by atoms with E-state index in [-0.39, 0.29) is 5.92 Å². The molecule has 0 saturated carbocycles. The molecule has 0 aromatic carbocycles. The van der Waals surface area contributed by atoms with Gasteiger partial charge in [0.05, 0.1) is 11.3 Å². The largest absolute Gasteiger partial charge is 0.481 e. The van der Waals surface area contributed by atoms with Gasteiger partial charge in [-0.1, -0.05) is 40.0 Å². The minimum Gasteiger partial charge on any atom is -0.481 e. The van der Waals surface area contributed by atoms with Crippen molar-refractivity contribution in [3.8, 4) is 0 Å². The van der Waals surface area contributed by atoms with Gasteiger partial charge in [-0.05, 0) is 33.1 Å². The van der Waals surface area contributed by atoms with Gasteiger partial charge in [-0.2, -0.15) is 0 Å². The van der Waals surface area contributed by atoms with Gasteiger partial charge in [0.25, 0.3) is 0 Å². The van der Waals surface area contributed by atoms with Crippen LogP contribution >= 0.6 is 0 Å². The first kappa shape index (κ1) is 20.3. The molecule has 4 heteroatoms. The number of carboxylic acid groups (broad SMARTS) is 2. The molecule has 0 spiro atoms. The van der Waals surface area contributed by atoms with Gasteiger partial charge in [-0.15, -0.1) is 0 Å². The minimum atomic E-state index is -0.694. The molecule has 0 aliphatic rings. The Morgan fingerprint density at radius 3 is 1.79 bits per heavy atom. The molecule has 19 heavy (non-hydrogen) atoms. The summed E-state index contributed by atoms with van der Waals surface area (Å²) in [6, 6.07) is 0. The van der Waals surface area contributed by atoms with Crippen molar-refractivity contribution < 1.29 is 19.8 Å². The first-order chi connectivity index (χ1) is 8.72. The molecule has 0 aliphatic carbocycles. The molecular weight excluding hydrogens is 244 g/mol. The first-order valence-electron chi connectivity index (χ1n) is 7.19. The number of unbranched alkanes of at least 4 members (excludes halogenated alkanes) is 1. The van der Waals surface area contributed by atoms with Gasteiger partial charge in [0.2, 0.25) is 0 Å². The van der Waals surface area contributed by atoms with E-state index in [0.29, 0.717) is 0 Å². The van der Waals surface area contributed by atoms with Gasteiger partial charge < -0.3 is 10.2 Å². The molecule has 0 radical (unpaired) electrons. The molecule has 0 bridgehead atoms. The van der Waals surface area contributed by atoms with Gasteiger partial charge >= 0.3 is 11.9 Å². The Morgan fingerprint density at radius 1 is 1.05 bits per heavy atom. The molecule has 0 heterocycles. The highest BCUT2D eigenvalue weighted by molar-refractivity contribution is 5.73. The van der Waals surface area contributed by atoms with Gasteiger partial charge in [0.15, 0.2) is 0 Å². The summed E-state index contributed by atoms with van der Waals surface area (Å²) in [7, 11) is 0. The average Bonchev–Trinajstić information content (AvgIpc) is 2.33. The fourth-order valence-corrected chi connectivity index (χ4v) is 1.58. The van der Waals surface area contributed by atoms with E-state index in [2.05, 4.69) is 6.92 Å². The predicted molar refractivity (Wildman–Crippen MR) is 77.3 cm³/mol. The second-order valence-corrected chi connectivity index (χ2v) is 5.52. The second-order valence-electron chi connectivity index (χ2n) is 5.52. The number of carbonyl (C=O) groups is 2. The standard InChI is InChI=1S/C8H16O2.C7H14O2/c1-4-5-6-8(2,3)7(9)10;1-3-5-6(4-2)7(8)9/h4-6H2,1-3H3,(H,9,10);6H,3-5H2,1-2H3,(H,8,9). The maximum absolute atomic E-state index is 10.5. The van der Waals surface area contributed by atoms with E-state index in [1.54, 1.807) is 13.8 Å². The van der Waals surface area contributed by atoms with Crippen LogP contribution in [-0.2, 0) is 9.59 Å². The van der Waals surface area contributed by atoms with Crippen molar-refractivity contribution in [3.05, 3.63) is 0 Å². The molecule has 0 rings (SSSR count). The summed E-state index contributed by atoms with van der Waals surface area (Å²) in [6.45, 7) is 9.52. The van der Waals surface area contributed by atoms with Crippen LogP contribution in [0.25, 0.3) is 0 Å².